The van der Waals surface area contributed by atoms with Gasteiger partial charge in [0.15, 0.2) is 0 Å². The standard InChI is InChI=1S/C37H47N7O6/c1-5-44-18-15-29(43-44)33(46)40-30-21-26-11-13-28(14-12-26)50-22-27(19-23(2)3)39-35(48)31(20-25-9-7-6-8-10-25)41-36(49)37(16-17-37)42-32(45)24(4)38-34(30)47/h6-15,18,23-24,27,30-31H,5,16-17,19-22H2,1-4H3,(H,38,47)(H,39,48)(H,40,46)(H,41,49)(H,42,45)/t24-,27+,30+,31-/m1/s1. The maximum Gasteiger partial charge on any atom is 0.272 e. The number of nitrogens with one attached hydrogen (secondary N) is 5. The van der Waals surface area contributed by atoms with Gasteiger partial charge in [-0.25, -0.2) is 0 Å². The smallest absolute Gasteiger partial charge is 0.272 e. The van der Waals surface area contributed by atoms with Crippen molar-refractivity contribution in [2.45, 2.75) is 96.1 Å². The highest BCUT2D eigenvalue weighted by Gasteiger charge is 2.52. The highest BCUT2D eigenvalue weighted by atomic mass is 16.5. The van der Waals surface area contributed by atoms with Crippen LogP contribution in [0.4, 0.5) is 0 Å². The van der Waals surface area contributed by atoms with E-state index in [-0.39, 0.29) is 43.0 Å². The number of rotatable bonds is 7. The maximum absolute atomic E-state index is 13.8. The summed E-state index contributed by atoms with van der Waals surface area (Å²) in [7, 11) is 0. The Hall–Kier alpha value is -5.20. The van der Waals surface area contributed by atoms with Gasteiger partial charge in [0.2, 0.25) is 23.6 Å². The third-order valence-corrected chi connectivity index (χ3v) is 8.94. The molecule has 5 N–H and O–H groups in total. The van der Waals surface area contributed by atoms with E-state index in [9.17, 15) is 24.0 Å². The first-order chi connectivity index (χ1) is 23.9. The van der Waals surface area contributed by atoms with Gasteiger partial charge >= 0.3 is 0 Å². The lowest BCUT2D eigenvalue weighted by molar-refractivity contribution is -0.134. The summed E-state index contributed by atoms with van der Waals surface area (Å²) in [5, 5.41) is 18.5. The van der Waals surface area contributed by atoms with Crippen LogP contribution in [-0.4, -0.2) is 75.6 Å². The van der Waals surface area contributed by atoms with Gasteiger partial charge in [-0.1, -0.05) is 56.3 Å². The second kappa shape index (κ2) is 16.0. The van der Waals surface area contributed by atoms with Crippen molar-refractivity contribution >= 4 is 29.5 Å². The van der Waals surface area contributed by atoms with Crippen LogP contribution in [0.2, 0.25) is 0 Å². The predicted octanol–water partition coefficient (Wildman–Crippen LogP) is 2.05. The van der Waals surface area contributed by atoms with Gasteiger partial charge in [0, 0.05) is 25.6 Å². The fourth-order valence-electron chi connectivity index (χ4n) is 5.91. The molecule has 3 aromatic rings. The fraction of sp³-hybridized carbons (Fsp3) is 0.459. The highest BCUT2D eigenvalue weighted by molar-refractivity contribution is 6.00. The lowest BCUT2D eigenvalue weighted by Crippen LogP contribution is -2.59. The summed E-state index contributed by atoms with van der Waals surface area (Å²) in [5.74, 6) is -1.66. The Morgan fingerprint density at radius 3 is 2.32 bits per heavy atom. The van der Waals surface area contributed by atoms with Crippen LogP contribution in [0.3, 0.4) is 0 Å². The molecule has 266 valence electrons. The highest BCUT2D eigenvalue weighted by Crippen LogP contribution is 2.36. The topological polar surface area (TPSA) is 173 Å². The summed E-state index contributed by atoms with van der Waals surface area (Å²) in [6.45, 7) is 8.30. The summed E-state index contributed by atoms with van der Waals surface area (Å²) in [4.78, 5) is 67.7. The average Bonchev–Trinajstić information content (AvgIpc) is 3.71. The van der Waals surface area contributed by atoms with Crippen LogP contribution in [0, 0.1) is 5.92 Å². The third-order valence-electron chi connectivity index (χ3n) is 8.94. The number of benzene rings is 2. The number of carbonyl (C=O) groups excluding carboxylic acids is 5. The van der Waals surface area contributed by atoms with E-state index in [1.807, 2.05) is 37.3 Å². The first-order valence-electron chi connectivity index (χ1n) is 17.3. The molecule has 1 aliphatic carbocycles. The molecule has 0 radical (unpaired) electrons. The van der Waals surface area contributed by atoms with Gasteiger partial charge < -0.3 is 31.3 Å². The van der Waals surface area contributed by atoms with E-state index in [1.165, 1.54) is 6.92 Å². The summed E-state index contributed by atoms with van der Waals surface area (Å²) >= 11 is 0. The van der Waals surface area contributed by atoms with Gasteiger partial charge in [-0.15, -0.1) is 0 Å². The quantitative estimate of drug-likeness (QED) is 0.237. The molecule has 0 unspecified atom stereocenters. The van der Waals surface area contributed by atoms with E-state index in [2.05, 4.69) is 45.5 Å². The SMILES string of the molecule is CCn1ccc(C(=O)N[C@H]2Cc3ccc(cc3)OC[C@H](CC(C)C)NC(=O)[C@@H](Cc3ccccc3)NC(=O)C3(CC3)NC(=O)[C@@H](C)NC2=O)n1. The molecular formula is C37H47N7O6. The maximum atomic E-state index is 13.8. The van der Waals surface area contributed by atoms with Crippen molar-refractivity contribution in [1.82, 2.24) is 36.4 Å². The van der Waals surface area contributed by atoms with Crippen molar-refractivity contribution in [2.75, 3.05) is 6.61 Å². The summed E-state index contributed by atoms with van der Waals surface area (Å²) in [6.07, 6.45) is 3.46. The molecule has 3 aliphatic rings. The van der Waals surface area contributed by atoms with Crippen molar-refractivity contribution in [3.05, 3.63) is 83.7 Å². The Morgan fingerprint density at radius 1 is 0.960 bits per heavy atom. The van der Waals surface area contributed by atoms with E-state index in [4.69, 9.17) is 4.74 Å². The molecular weight excluding hydrogens is 638 g/mol. The van der Waals surface area contributed by atoms with Crippen LogP contribution >= 0.6 is 0 Å². The predicted molar refractivity (Wildman–Crippen MR) is 186 cm³/mol. The van der Waals surface area contributed by atoms with Crippen LogP contribution in [-0.2, 0) is 38.6 Å². The number of ether oxygens (including phenoxy) is 1. The second-order valence-electron chi connectivity index (χ2n) is 13.6. The van der Waals surface area contributed by atoms with Crippen molar-refractivity contribution in [1.29, 1.82) is 0 Å². The number of fused-ring (bicyclic) bond motifs is 15. The molecule has 4 atom stereocenters. The molecule has 50 heavy (non-hydrogen) atoms. The van der Waals surface area contributed by atoms with Crippen molar-refractivity contribution in [2.24, 2.45) is 5.92 Å². The largest absolute Gasteiger partial charge is 0.491 e. The van der Waals surface area contributed by atoms with Gasteiger partial charge in [-0.2, -0.15) is 5.10 Å². The van der Waals surface area contributed by atoms with E-state index in [0.29, 0.717) is 31.6 Å². The zero-order chi connectivity index (χ0) is 35.8. The van der Waals surface area contributed by atoms with Crippen molar-refractivity contribution in [3.8, 4) is 5.75 Å². The molecule has 13 nitrogen and oxygen atoms in total. The Balaban J connectivity index is 1.42. The zero-order valence-corrected chi connectivity index (χ0v) is 29.0. The monoisotopic (exact) mass is 685 g/mol. The van der Waals surface area contributed by atoms with E-state index in [0.717, 1.165) is 11.1 Å². The van der Waals surface area contributed by atoms with Crippen molar-refractivity contribution < 1.29 is 28.7 Å². The molecule has 1 fully saturated rings. The van der Waals surface area contributed by atoms with E-state index in [1.54, 1.807) is 41.2 Å². The average molecular weight is 686 g/mol. The minimum atomic E-state index is -1.21. The lowest BCUT2D eigenvalue weighted by atomic mass is 10.0. The summed E-state index contributed by atoms with van der Waals surface area (Å²) in [6, 6.07) is 14.8. The zero-order valence-electron chi connectivity index (χ0n) is 29.0. The second-order valence-corrected chi connectivity index (χ2v) is 13.6. The Morgan fingerprint density at radius 2 is 1.68 bits per heavy atom. The minimum absolute atomic E-state index is 0.127. The van der Waals surface area contributed by atoms with Crippen LogP contribution in [0.1, 0.15) is 68.6 Å². The van der Waals surface area contributed by atoms with Crippen LogP contribution in [0.15, 0.2) is 66.9 Å². The first kappa shape index (κ1) is 36.1. The number of hydrogen-bond acceptors (Lipinski definition) is 7. The summed E-state index contributed by atoms with van der Waals surface area (Å²) in [5.41, 5.74) is 0.563. The molecule has 13 heteroatoms. The first-order valence-corrected chi connectivity index (χ1v) is 17.3. The van der Waals surface area contributed by atoms with Gasteiger partial charge in [-0.3, -0.25) is 28.7 Å². The normalized spacial score (nSPS) is 22.9. The molecule has 2 bridgehead atoms. The fourth-order valence-corrected chi connectivity index (χ4v) is 5.91. The lowest BCUT2D eigenvalue weighted by Gasteiger charge is -2.27. The minimum Gasteiger partial charge on any atom is -0.491 e. The van der Waals surface area contributed by atoms with E-state index < -0.39 is 47.3 Å². The number of carbonyl (C=O) groups is 5. The van der Waals surface area contributed by atoms with Crippen LogP contribution in [0.25, 0.3) is 0 Å². The summed E-state index contributed by atoms with van der Waals surface area (Å²) < 4.78 is 7.73. The molecule has 6 rings (SSSR count). The van der Waals surface area contributed by atoms with Gasteiger partial charge in [0.1, 0.15) is 41.7 Å². The molecule has 2 aromatic carbocycles. The third kappa shape index (κ3) is 9.48. The van der Waals surface area contributed by atoms with Crippen LogP contribution in [0.5, 0.6) is 5.75 Å². The number of amides is 5. The molecule has 2 aliphatic heterocycles. The molecule has 0 saturated heterocycles. The van der Waals surface area contributed by atoms with E-state index >= 15 is 0 Å². The van der Waals surface area contributed by atoms with Gasteiger partial charge in [0.05, 0.1) is 6.04 Å². The number of aromatic nitrogens is 2. The molecule has 1 saturated carbocycles. The molecule has 1 aromatic heterocycles. The number of hydrogen-bond donors (Lipinski definition) is 5. The molecule has 1 spiro atoms. The molecule has 3 heterocycles. The van der Waals surface area contributed by atoms with Crippen molar-refractivity contribution in [3.63, 3.8) is 0 Å². The Bertz CT molecular complexity index is 1670. The van der Waals surface area contributed by atoms with Gasteiger partial charge in [-0.05, 0) is 68.4 Å². The molecule has 5 amide bonds. The van der Waals surface area contributed by atoms with Crippen LogP contribution < -0.4 is 31.3 Å². The number of nitrogens with zero attached hydrogens (tertiary/aromatic N) is 2. The Kier molecular flexibility index (Phi) is 11.6. The van der Waals surface area contributed by atoms with Gasteiger partial charge in [0.25, 0.3) is 5.91 Å². The number of aryl methyl sites for hydroxylation is 1. The Labute approximate surface area is 292 Å².